The van der Waals surface area contributed by atoms with Gasteiger partial charge in [0.2, 0.25) is 0 Å². The SMILES string of the molecule is COc1ccc(Nc2nc(-c3cccc4ccccc34)nc3sc4c(c23)CCCCCC4)cc1. The number of hydrogen-bond donors (Lipinski definition) is 1. The Morgan fingerprint density at radius 1 is 0.824 bits per heavy atom. The van der Waals surface area contributed by atoms with Gasteiger partial charge in [0.05, 0.1) is 12.5 Å². The van der Waals surface area contributed by atoms with Gasteiger partial charge in [0, 0.05) is 16.1 Å². The molecule has 5 heteroatoms. The van der Waals surface area contributed by atoms with Gasteiger partial charge in [-0.25, -0.2) is 9.97 Å². The quantitative estimate of drug-likeness (QED) is 0.293. The summed E-state index contributed by atoms with van der Waals surface area (Å²) in [5, 5.41) is 7.20. The first-order valence-corrected chi connectivity index (χ1v) is 12.8. The average molecular weight is 466 g/mol. The van der Waals surface area contributed by atoms with Crippen molar-refractivity contribution in [3.8, 4) is 17.1 Å². The summed E-state index contributed by atoms with van der Waals surface area (Å²) >= 11 is 1.86. The third-order valence-corrected chi connectivity index (χ3v) is 7.88. The third-order valence-electron chi connectivity index (χ3n) is 6.70. The van der Waals surface area contributed by atoms with Crippen molar-refractivity contribution in [2.75, 3.05) is 12.4 Å². The van der Waals surface area contributed by atoms with Crippen molar-refractivity contribution >= 4 is 43.8 Å². The maximum absolute atomic E-state index is 5.34. The van der Waals surface area contributed by atoms with Crippen molar-refractivity contribution in [3.63, 3.8) is 0 Å². The number of hydrogen-bond acceptors (Lipinski definition) is 5. The van der Waals surface area contributed by atoms with Crippen LogP contribution in [0.2, 0.25) is 0 Å². The van der Waals surface area contributed by atoms with Crippen LogP contribution in [0.1, 0.15) is 36.1 Å². The van der Waals surface area contributed by atoms with E-state index in [2.05, 4.69) is 47.8 Å². The van der Waals surface area contributed by atoms with E-state index in [0.29, 0.717) is 0 Å². The van der Waals surface area contributed by atoms with Gasteiger partial charge in [0.1, 0.15) is 16.4 Å². The van der Waals surface area contributed by atoms with Crippen LogP contribution in [0.3, 0.4) is 0 Å². The second kappa shape index (κ2) is 9.07. The number of methoxy groups -OCH3 is 1. The van der Waals surface area contributed by atoms with Crippen molar-refractivity contribution in [2.24, 2.45) is 0 Å². The first-order chi connectivity index (χ1) is 16.8. The van der Waals surface area contributed by atoms with Crippen LogP contribution >= 0.6 is 11.3 Å². The topological polar surface area (TPSA) is 47.0 Å². The lowest BCUT2D eigenvalue weighted by atomic mass is 9.97. The molecular weight excluding hydrogens is 438 g/mol. The molecule has 0 bridgehead atoms. The highest BCUT2D eigenvalue weighted by molar-refractivity contribution is 7.19. The molecule has 1 aliphatic rings. The number of ether oxygens (including phenoxy) is 1. The molecule has 170 valence electrons. The monoisotopic (exact) mass is 465 g/mol. The zero-order valence-electron chi connectivity index (χ0n) is 19.3. The van der Waals surface area contributed by atoms with Crippen molar-refractivity contribution in [1.82, 2.24) is 9.97 Å². The van der Waals surface area contributed by atoms with Gasteiger partial charge in [-0.3, -0.25) is 0 Å². The van der Waals surface area contributed by atoms with Crippen LogP contribution in [0.15, 0.2) is 66.7 Å². The number of fused-ring (bicyclic) bond motifs is 4. The largest absolute Gasteiger partial charge is 0.497 e. The minimum atomic E-state index is 0.773. The normalized spacial score (nSPS) is 13.9. The standard InChI is InChI=1S/C29H27N3OS/c1-33-21-17-15-20(16-18-21)30-28-26-24-12-4-2-3-5-14-25(24)34-29(26)32-27(31-28)23-13-8-10-19-9-6-7-11-22(19)23/h6-11,13,15-18H,2-5,12,14H2,1H3,(H,30,31,32). The molecule has 0 saturated carbocycles. The van der Waals surface area contributed by atoms with E-state index < -0.39 is 0 Å². The predicted molar refractivity (Wildman–Crippen MR) is 143 cm³/mol. The molecule has 0 atom stereocenters. The maximum Gasteiger partial charge on any atom is 0.163 e. The van der Waals surface area contributed by atoms with Gasteiger partial charge in [-0.1, -0.05) is 55.3 Å². The Labute approximate surface area is 203 Å². The van der Waals surface area contributed by atoms with Gasteiger partial charge >= 0.3 is 0 Å². The van der Waals surface area contributed by atoms with Crippen LogP contribution in [0.25, 0.3) is 32.4 Å². The molecule has 0 aliphatic heterocycles. The van der Waals surface area contributed by atoms with Gasteiger partial charge in [0.25, 0.3) is 0 Å². The molecule has 1 aliphatic carbocycles. The van der Waals surface area contributed by atoms with E-state index in [1.54, 1.807) is 7.11 Å². The van der Waals surface area contributed by atoms with Crippen LogP contribution in [0.5, 0.6) is 5.75 Å². The van der Waals surface area contributed by atoms with Gasteiger partial charge in [-0.05, 0) is 66.3 Å². The zero-order chi connectivity index (χ0) is 22.9. The number of thiophene rings is 1. The molecule has 2 heterocycles. The summed E-state index contributed by atoms with van der Waals surface area (Å²) in [4.78, 5) is 12.9. The molecule has 4 nitrogen and oxygen atoms in total. The smallest absolute Gasteiger partial charge is 0.163 e. The second-order valence-corrected chi connectivity index (χ2v) is 9.96. The lowest BCUT2D eigenvalue weighted by molar-refractivity contribution is 0.415. The second-order valence-electron chi connectivity index (χ2n) is 8.87. The first-order valence-electron chi connectivity index (χ1n) is 12.0. The minimum absolute atomic E-state index is 0.773. The summed E-state index contributed by atoms with van der Waals surface area (Å²) in [5.41, 5.74) is 3.51. The van der Waals surface area contributed by atoms with E-state index in [1.807, 2.05) is 35.6 Å². The molecule has 1 N–H and O–H groups in total. The summed E-state index contributed by atoms with van der Waals surface area (Å²) in [6.07, 6.45) is 7.34. The van der Waals surface area contributed by atoms with Gasteiger partial charge in [0.15, 0.2) is 5.82 Å². The zero-order valence-corrected chi connectivity index (χ0v) is 20.1. The molecule has 0 saturated heterocycles. The van der Waals surface area contributed by atoms with E-state index in [-0.39, 0.29) is 0 Å². The maximum atomic E-state index is 5.34. The lowest BCUT2D eigenvalue weighted by Crippen LogP contribution is -2.01. The first kappa shape index (κ1) is 21.1. The number of rotatable bonds is 4. The van der Waals surface area contributed by atoms with E-state index in [9.17, 15) is 0 Å². The molecule has 0 radical (unpaired) electrons. The molecule has 0 spiro atoms. The van der Waals surface area contributed by atoms with Crippen molar-refractivity contribution in [1.29, 1.82) is 0 Å². The lowest BCUT2D eigenvalue weighted by Gasteiger charge is -2.14. The molecule has 3 aromatic carbocycles. The Balaban J connectivity index is 1.55. The predicted octanol–water partition coefficient (Wildman–Crippen LogP) is 7.92. The number of anilines is 2. The summed E-state index contributed by atoms with van der Waals surface area (Å²) < 4.78 is 5.34. The minimum Gasteiger partial charge on any atom is -0.497 e. The Kier molecular flexibility index (Phi) is 5.63. The Morgan fingerprint density at radius 3 is 2.47 bits per heavy atom. The van der Waals surface area contributed by atoms with E-state index in [1.165, 1.54) is 52.3 Å². The highest BCUT2D eigenvalue weighted by atomic mass is 32.1. The Bertz CT molecular complexity index is 1470. The van der Waals surface area contributed by atoms with Crippen molar-refractivity contribution in [3.05, 3.63) is 77.2 Å². The molecule has 0 amide bonds. The third kappa shape index (κ3) is 3.90. The number of aryl methyl sites for hydroxylation is 2. The molecule has 0 unspecified atom stereocenters. The van der Waals surface area contributed by atoms with E-state index in [4.69, 9.17) is 14.7 Å². The molecule has 34 heavy (non-hydrogen) atoms. The highest BCUT2D eigenvalue weighted by Gasteiger charge is 2.21. The fourth-order valence-electron chi connectivity index (χ4n) is 4.95. The number of benzene rings is 3. The Morgan fingerprint density at radius 2 is 1.62 bits per heavy atom. The van der Waals surface area contributed by atoms with Crippen LogP contribution in [-0.4, -0.2) is 17.1 Å². The van der Waals surface area contributed by atoms with Crippen LogP contribution in [0, 0.1) is 0 Å². The van der Waals surface area contributed by atoms with Crippen LogP contribution in [-0.2, 0) is 12.8 Å². The highest BCUT2D eigenvalue weighted by Crippen LogP contribution is 2.40. The fourth-order valence-corrected chi connectivity index (χ4v) is 6.21. The fraction of sp³-hybridized carbons (Fsp3) is 0.241. The molecular formula is C29H27N3OS. The molecule has 5 aromatic rings. The number of nitrogens with one attached hydrogen (secondary N) is 1. The number of aromatic nitrogens is 2. The van der Waals surface area contributed by atoms with Gasteiger partial charge in [-0.15, -0.1) is 11.3 Å². The van der Waals surface area contributed by atoms with Gasteiger partial charge in [-0.2, -0.15) is 0 Å². The van der Waals surface area contributed by atoms with Crippen molar-refractivity contribution < 1.29 is 4.74 Å². The Hall–Kier alpha value is -3.44. The summed E-state index contributed by atoms with van der Waals surface area (Å²) in [6, 6.07) is 22.9. The van der Waals surface area contributed by atoms with Crippen LogP contribution < -0.4 is 10.1 Å². The summed E-state index contributed by atoms with van der Waals surface area (Å²) in [6.45, 7) is 0. The molecule has 6 rings (SSSR count). The van der Waals surface area contributed by atoms with Crippen molar-refractivity contribution in [2.45, 2.75) is 38.5 Å². The molecule has 2 aromatic heterocycles. The number of nitrogens with zero attached hydrogens (tertiary/aromatic N) is 2. The van der Waals surface area contributed by atoms with Crippen LogP contribution in [0.4, 0.5) is 11.5 Å². The van der Waals surface area contributed by atoms with Gasteiger partial charge < -0.3 is 10.1 Å². The summed E-state index contributed by atoms with van der Waals surface area (Å²) in [7, 11) is 1.69. The average Bonchev–Trinajstić information content (AvgIpc) is 3.20. The van der Waals surface area contributed by atoms with E-state index in [0.717, 1.165) is 46.3 Å². The molecule has 0 fully saturated rings. The summed E-state index contributed by atoms with van der Waals surface area (Å²) in [5.74, 6) is 2.51. The van der Waals surface area contributed by atoms with E-state index >= 15 is 0 Å².